The lowest BCUT2D eigenvalue weighted by Crippen LogP contribution is -2.50. The summed E-state index contributed by atoms with van der Waals surface area (Å²) in [6.07, 6.45) is 1.00. The molecule has 2 N–H and O–H groups in total. The Morgan fingerprint density at radius 1 is 1.32 bits per heavy atom. The number of piperidine rings is 1. The van der Waals surface area contributed by atoms with Crippen LogP contribution in [0.25, 0.3) is 0 Å². The molecular formula is C14H22N2O2S. The molecule has 2 atom stereocenters. The molecule has 0 spiro atoms. The molecule has 4 nitrogen and oxygen atoms in total. The third-order valence-corrected chi connectivity index (χ3v) is 5.40. The van der Waals surface area contributed by atoms with E-state index in [4.69, 9.17) is 0 Å². The lowest BCUT2D eigenvalue weighted by Gasteiger charge is -2.30. The van der Waals surface area contributed by atoms with Crippen LogP contribution in [-0.2, 0) is 10.0 Å². The minimum Gasteiger partial charge on any atom is -0.315 e. The number of hydrogen-bond acceptors (Lipinski definition) is 3. The van der Waals surface area contributed by atoms with Gasteiger partial charge in [0.15, 0.2) is 0 Å². The second kappa shape index (κ2) is 5.61. The van der Waals surface area contributed by atoms with E-state index in [2.05, 4.69) is 17.0 Å². The van der Waals surface area contributed by atoms with Crippen LogP contribution in [0.3, 0.4) is 0 Å². The van der Waals surface area contributed by atoms with Gasteiger partial charge in [-0.05, 0) is 44.4 Å². The predicted octanol–water partition coefficient (Wildman–Crippen LogP) is 1.58. The smallest absolute Gasteiger partial charge is 0.241 e. The van der Waals surface area contributed by atoms with Crippen LogP contribution in [0.15, 0.2) is 23.1 Å². The van der Waals surface area contributed by atoms with Crippen LogP contribution in [0, 0.1) is 19.8 Å². The normalized spacial score (nSPS) is 24.4. The Balaban J connectivity index is 2.22. The van der Waals surface area contributed by atoms with Crippen LogP contribution in [0.5, 0.6) is 0 Å². The van der Waals surface area contributed by atoms with Gasteiger partial charge in [-0.3, -0.25) is 0 Å². The van der Waals surface area contributed by atoms with Gasteiger partial charge in [-0.2, -0.15) is 0 Å². The summed E-state index contributed by atoms with van der Waals surface area (Å²) in [5.41, 5.74) is 1.87. The molecule has 1 saturated heterocycles. The van der Waals surface area contributed by atoms with E-state index < -0.39 is 10.0 Å². The van der Waals surface area contributed by atoms with Crippen LogP contribution in [-0.4, -0.2) is 27.5 Å². The average molecular weight is 282 g/mol. The van der Waals surface area contributed by atoms with E-state index >= 15 is 0 Å². The van der Waals surface area contributed by atoms with Crippen LogP contribution < -0.4 is 10.0 Å². The summed E-state index contributed by atoms with van der Waals surface area (Å²) in [5.74, 6) is 0.363. The second-order valence-corrected chi connectivity index (χ2v) is 7.15. The van der Waals surface area contributed by atoms with Gasteiger partial charge >= 0.3 is 0 Å². The molecule has 2 rings (SSSR count). The van der Waals surface area contributed by atoms with E-state index in [-0.39, 0.29) is 6.04 Å². The van der Waals surface area contributed by atoms with E-state index in [1.807, 2.05) is 26.0 Å². The standard InChI is InChI=1S/C14H22N2O2S/c1-10-4-5-14(12(3)8-10)19(17,18)16-13-9-15-7-6-11(13)2/h4-5,8,11,13,15-16H,6-7,9H2,1-3H3/t11-,13-/m1/s1. The second-order valence-electron chi connectivity index (χ2n) is 5.47. The largest absolute Gasteiger partial charge is 0.315 e. The molecule has 0 saturated carbocycles. The van der Waals surface area contributed by atoms with Crippen LogP contribution in [0.2, 0.25) is 0 Å². The Morgan fingerprint density at radius 2 is 2.05 bits per heavy atom. The number of hydrogen-bond donors (Lipinski definition) is 2. The molecule has 0 radical (unpaired) electrons. The number of aryl methyl sites for hydroxylation is 2. The van der Waals surface area contributed by atoms with Gasteiger partial charge in [-0.25, -0.2) is 13.1 Å². The van der Waals surface area contributed by atoms with Crippen molar-refractivity contribution >= 4 is 10.0 Å². The van der Waals surface area contributed by atoms with Gasteiger partial charge in [0.2, 0.25) is 10.0 Å². The first kappa shape index (κ1) is 14.5. The van der Waals surface area contributed by atoms with E-state index in [0.717, 1.165) is 24.1 Å². The minimum absolute atomic E-state index is 0.0283. The van der Waals surface area contributed by atoms with Crippen molar-refractivity contribution in [3.05, 3.63) is 29.3 Å². The maximum atomic E-state index is 12.4. The molecule has 1 heterocycles. The predicted molar refractivity (Wildman–Crippen MR) is 76.7 cm³/mol. The zero-order chi connectivity index (χ0) is 14.0. The zero-order valence-corrected chi connectivity index (χ0v) is 12.5. The highest BCUT2D eigenvalue weighted by Crippen LogP contribution is 2.19. The van der Waals surface area contributed by atoms with Crippen molar-refractivity contribution in [2.24, 2.45) is 5.92 Å². The lowest BCUT2D eigenvalue weighted by atomic mass is 9.96. The summed E-state index contributed by atoms with van der Waals surface area (Å²) in [4.78, 5) is 0.385. The van der Waals surface area contributed by atoms with Gasteiger partial charge in [0, 0.05) is 12.6 Å². The summed E-state index contributed by atoms with van der Waals surface area (Å²) in [5, 5.41) is 3.24. The quantitative estimate of drug-likeness (QED) is 0.885. The molecule has 106 valence electrons. The Labute approximate surface area is 115 Å². The molecule has 0 aliphatic carbocycles. The molecule has 5 heteroatoms. The van der Waals surface area contributed by atoms with Crippen molar-refractivity contribution in [1.29, 1.82) is 0 Å². The Morgan fingerprint density at radius 3 is 2.68 bits per heavy atom. The SMILES string of the molecule is Cc1ccc(S(=O)(=O)N[C@@H]2CNCC[C@H]2C)c(C)c1. The van der Waals surface area contributed by atoms with Gasteiger partial charge in [-0.1, -0.05) is 24.6 Å². The van der Waals surface area contributed by atoms with Gasteiger partial charge in [0.25, 0.3) is 0 Å². The van der Waals surface area contributed by atoms with E-state index in [1.54, 1.807) is 6.07 Å². The Bertz CT molecular complexity index is 555. The molecule has 1 aromatic rings. The maximum Gasteiger partial charge on any atom is 0.241 e. The van der Waals surface area contributed by atoms with E-state index in [9.17, 15) is 8.42 Å². The summed E-state index contributed by atoms with van der Waals surface area (Å²) >= 11 is 0. The monoisotopic (exact) mass is 282 g/mol. The fourth-order valence-corrected chi connectivity index (χ4v) is 4.08. The van der Waals surface area contributed by atoms with Gasteiger partial charge in [0.05, 0.1) is 4.90 Å². The van der Waals surface area contributed by atoms with E-state index in [1.165, 1.54) is 0 Å². The van der Waals surface area contributed by atoms with Crippen molar-refractivity contribution in [2.75, 3.05) is 13.1 Å². The van der Waals surface area contributed by atoms with Crippen molar-refractivity contribution in [3.8, 4) is 0 Å². The minimum atomic E-state index is -3.43. The van der Waals surface area contributed by atoms with Crippen LogP contribution >= 0.6 is 0 Å². The highest BCUT2D eigenvalue weighted by Gasteiger charge is 2.27. The summed E-state index contributed by atoms with van der Waals surface area (Å²) < 4.78 is 27.7. The van der Waals surface area contributed by atoms with Crippen molar-refractivity contribution in [1.82, 2.24) is 10.0 Å². The zero-order valence-electron chi connectivity index (χ0n) is 11.7. The highest BCUT2D eigenvalue weighted by atomic mass is 32.2. The lowest BCUT2D eigenvalue weighted by molar-refractivity contribution is 0.327. The first-order valence-corrected chi connectivity index (χ1v) is 8.19. The maximum absolute atomic E-state index is 12.4. The number of sulfonamides is 1. The summed E-state index contributed by atoms with van der Waals surface area (Å²) in [7, 11) is -3.43. The molecule has 1 aliphatic rings. The molecule has 1 aliphatic heterocycles. The molecule has 0 unspecified atom stereocenters. The van der Waals surface area contributed by atoms with Crippen LogP contribution in [0.4, 0.5) is 0 Å². The third-order valence-electron chi connectivity index (χ3n) is 3.75. The first-order chi connectivity index (χ1) is 8.90. The molecular weight excluding hydrogens is 260 g/mol. The molecule has 19 heavy (non-hydrogen) atoms. The van der Waals surface area contributed by atoms with Gasteiger partial charge < -0.3 is 5.32 Å². The molecule has 0 amide bonds. The van der Waals surface area contributed by atoms with Crippen molar-refractivity contribution in [2.45, 2.75) is 38.1 Å². The average Bonchev–Trinajstić information content (AvgIpc) is 2.31. The number of rotatable bonds is 3. The van der Waals surface area contributed by atoms with Gasteiger partial charge in [-0.15, -0.1) is 0 Å². The van der Waals surface area contributed by atoms with Gasteiger partial charge in [0.1, 0.15) is 0 Å². The highest BCUT2D eigenvalue weighted by molar-refractivity contribution is 7.89. The molecule has 0 aromatic heterocycles. The molecule has 0 bridgehead atoms. The summed E-state index contributed by atoms with van der Waals surface area (Å²) in [6.45, 7) is 7.55. The first-order valence-electron chi connectivity index (χ1n) is 6.70. The van der Waals surface area contributed by atoms with E-state index in [0.29, 0.717) is 17.4 Å². The Hall–Kier alpha value is -0.910. The fourth-order valence-electron chi connectivity index (χ4n) is 2.51. The summed E-state index contributed by atoms with van der Waals surface area (Å²) in [6, 6.07) is 5.40. The number of benzene rings is 1. The Kier molecular flexibility index (Phi) is 4.28. The fraction of sp³-hybridized carbons (Fsp3) is 0.571. The van der Waals surface area contributed by atoms with Crippen LogP contribution in [0.1, 0.15) is 24.5 Å². The molecule has 1 fully saturated rings. The van der Waals surface area contributed by atoms with Crippen molar-refractivity contribution < 1.29 is 8.42 Å². The number of nitrogens with one attached hydrogen (secondary N) is 2. The van der Waals surface area contributed by atoms with Crippen molar-refractivity contribution in [3.63, 3.8) is 0 Å². The third kappa shape index (κ3) is 3.35. The molecule has 1 aromatic carbocycles. The topological polar surface area (TPSA) is 58.2 Å².